The number of amides is 1. The van der Waals surface area contributed by atoms with Crippen molar-refractivity contribution in [2.24, 2.45) is 0 Å². The van der Waals surface area contributed by atoms with Gasteiger partial charge in [0.15, 0.2) is 0 Å². The maximum absolute atomic E-state index is 11.7. The molecule has 5 heteroatoms. The van der Waals surface area contributed by atoms with Crippen molar-refractivity contribution < 1.29 is 4.79 Å². The predicted molar refractivity (Wildman–Crippen MR) is 74.9 cm³/mol. The van der Waals surface area contributed by atoms with Gasteiger partial charge in [-0.1, -0.05) is 24.9 Å². The Hall–Kier alpha value is -1.13. The van der Waals surface area contributed by atoms with E-state index in [1.54, 1.807) is 18.3 Å². The van der Waals surface area contributed by atoms with E-state index >= 15 is 0 Å². The van der Waals surface area contributed by atoms with E-state index in [4.69, 9.17) is 11.6 Å². The lowest BCUT2D eigenvalue weighted by Crippen LogP contribution is -2.25. The van der Waals surface area contributed by atoms with Crippen molar-refractivity contribution in [2.75, 3.05) is 25.5 Å². The zero-order chi connectivity index (χ0) is 13.4. The molecular weight excluding hydrogens is 250 g/mol. The second kappa shape index (κ2) is 8.06. The van der Waals surface area contributed by atoms with Crippen LogP contribution in [0.5, 0.6) is 0 Å². The predicted octanol–water partition coefficient (Wildman–Crippen LogP) is 2.80. The minimum atomic E-state index is -0.0342. The van der Waals surface area contributed by atoms with Crippen LogP contribution in [0.1, 0.15) is 26.2 Å². The van der Waals surface area contributed by atoms with Gasteiger partial charge < -0.3 is 10.2 Å². The van der Waals surface area contributed by atoms with Gasteiger partial charge in [0.1, 0.15) is 5.82 Å². The van der Waals surface area contributed by atoms with Crippen molar-refractivity contribution >= 4 is 23.3 Å². The number of unbranched alkanes of at least 4 members (excludes halogenated alkanes) is 1. The Morgan fingerprint density at radius 3 is 2.94 bits per heavy atom. The smallest absolute Gasteiger partial charge is 0.226 e. The number of anilines is 1. The lowest BCUT2D eigenvalue weighted by atomic mass is 10.3. The second-order valence-electron chi connectivity index (χ2n) is 4.31. The van der Waals surface area contributed by atoms with Gasteiger partial charge >= 0.3 is 0 Å². The van der Waals surface area contributed by atoms with Crippen LogP contribution in [0.2, 0.25) is 5.02 Å². The Bertz CT molecular complexity index is 384. The number of nitrogens with one attached hydrogen (secondary N) is 1. The highest BCUT2D eigenvalue weighted by Crippen LogP contribution is 2.11. The highest BCUT2D eigenvalue weighted by atomic mass is 35.5. The lowest BCUT2D eigenvalue weighted by Gasteiger charge is -2.15. The first-order valence-electron chi connectivity index (χ1n) is 6.21. The van der Waals surface area contributed by atoms with Gasteiger partial charge in [-0.3, -0.25) is 4.79 Å². The molecule has 0 fully saturated rings. The Morgan fingerprint density at radius 2 is 2.28 bits per heavy atom. The number of carbonyl (C=O) groups is 1. The molecule has 1 rings (SSSR count). The maximum atomic E-state index is 11.7. The van der Waals surface area contributed by atoms with Gasteiger partial charge in [0.25, 0.3) is 0 Å². The summed E-state index contributed by atoms with van der Waals surface area (Å²) < 4.78 is 0. The summed E-state index contributed by atoms with van der Waals surface area (Å²) in [4.78, 5) is 17.9. The van der Waals surface area contributed by atoms with Gasteiger partial charge in [0, 0.05) is 24.2 Å². The highest BCUT2D eigenvalue weighted by molar-refractivity contribution is 6.30. The van der Waals surface area contributed by atoms with Crippen molar-refractivity contribution in [1.29, 1.82) is 0 Å². The minimum absolute atomic E-state index is 0.0342. The summed E-state index contributed by atoms with van der Waals surface area (Å²) in [7, 11) is 2.03. The van der Waals surface area contributed by atoms with Crippen LogP contribution in [-0.2, 0) is 4.79 Å². The summed E-state index contributed by atoms with van der Waals surface area (Å²) in [6.07, 6.45) is 4.37. The second-order valence-corrected chi connectivity index (χ2v) is 4.75. The molecule has 100 valence electrons. The molecule has 0 radical (unpaired) electrons. The van der Waals surface area contributed by atoms with E-state index in [1.807, 2.05) is 7.05 Å². The van der Waals surface area contributed by atoms with Crippen molar-refractivity contribution in [3.8, 4) is 0 Å². The Kier molecular flexibility index (Phi) is 6.68. The molecule has 0 aromatic carbocycles. The fourth-order valence-corrected chi connectivity index (χ4v) is 1.67. The highest BCUT2D eigenvalue weighted by Gasteiger charge is 2.05. The molecule has 0 atom stereocenters. The number of aromatic nitrogens is 1. The van der Waals surface area contributed by atoms with Gasteiger partial charge in [-0.05, 0) is 32.1 Å². The van der Waals surface area contributed by atoms with Crippen LogP contribution in [0.25, 0.3) is 0 Å². The van der Waals surface area contributed by atoms with E-state index in [2.05, 4.69) is 22.1 Å². The zero-order valence-corrected chi connectivity index (χ0v) is 11.7. The average Bonchev–Trinajstić information content (AvgIpc) is 2.34. The van der Waals surface area contributed by atoms with Crippen LogP contribution >= 0.6 is 11.6 Å². The third-order valence-corrected chi connectivity index (χ3v) is 2.84. The SMILES string of the molecule is CCCCN(C)CCC(=O)Nc1cc(Cl)ccn1. The summed E-state index contributed by atoms with van der Waals surface area (Å²) in [5.74, 6) is 0.469. The molecule has 18 heavy (non-hydrogen) atoms. The number of nitrogens with zero attached hydrogens (tertiary/aromatic N) is 2. The molecule has 0 aliphatic rings. The fraction of sp³-hybridized carbons (Fsp3) is 0.538. The van der Waals surface area contributed by atoms with Gasteiger partial charge in [-0.15, -0.1) is 0 Å². The Morgan fingerprint density at radius 1 is 1.50 bits per heavy atom. The number of hydrogen-bond acceptors (Lipinski definition) is 3. The molecule has 0 unspecified atom stereocenters. The maximum Gasteiger partial charge on any atom is 0.226 e. The van der Waals surface area contributed by atoms with Gasteiger partial charge in [0.05, 0.1) is 0 Å². The van der Waals surface area contributed by atoms with E-state index in [9.17, 15) is 4.79 Å². The summed E-state index contributed by atoms with van der Waals surface area (Å²) >= 11 is 5.81. The fourth-order valence-electron chi connectivity index (χ4n) is 1.51. The number of hydrogen-bond donors (Lipinski definition) is 1. The number of pyridine rings is 1. The molecule has 0 spiro atoms. The van der Waals surface area contributed by atoms with Crippen LogP contribution in [0.15, 0.2) is 18.3 Å². The standard InChI is InChI=1S/C13H20ClN3O/c1-3-4-8-17(2)9-6-13(18)16-12-10-11(14)5-7-15-12/h5,7,10H,3-4,6,8-9H2,1-2H3,(H,15,16,18). The van der Waals surface area contributed by atoms with E-state index in [0.29, 0.717) is 17.3 Å². The first-order valence-corrected chi connectivity index (χ1v) is 6.59. The molecule has 1 N–H and O–H groups in total. The number of halogens is 1. The van der Waals surface area contributed by atoms with Crippen LogP contribution in [0.4, 0.5) is 5.82 Å². The molecule has 0 saturated carbocycles. The molecule has 1 aromatic rings. The van der Waals surface area contributed by atoms with Crippen molar-refractivity contribution in [2.45, 2.75) is 26.2 Å². The minimum Gasteiger partial charge on any atom is -0.311 e. The summed E-state index contributed by atoms with van der Waals surface area (Å²) in [5.41, 5.74) is 0. The average molecular weight is 270 g/mol. The number of carbonyl (C=O) groups excluding carboxylic acids is 1. The quantitative estimate of drug-likeness (QED) is 0.828. The molecule has 0 aliphatic heterocycles. The van der Waals surface area contributed by atoms with Crippen molar-refractivity contribution in [3.63, 3.8) is 0 Å². The molecular formula is C13H20ClN3O. The topological polar surface area (TPSA) is 45.2 Å². The third kappa shape index (κ3) is 5.98. The summed E-state index contributed by atoms with van der Waals surface area (Å²) in [6, 6.07) is 3.32. The normalized spacial score (nSPS) is 10.7. The lowest BCUT2D eigenvalue weighted by molar-refractivity contribution is -0.116. The zero-order valence-electron chi connectivity index (χ0n) is 10.9. The van der Waals surface area contributed by atoms with Gasteiger partial charge in [-0.2, -0.15) is 0 Å². The Balaban J connectivity index is 2.29. The van der Waals surface area contributed by atoms with Gasteiger partial charge in [0.2, 0.25) is 5.91 Å². The summed E-state index contributed by atoms with van der Waals surface area (Å²) in [6.45, 7) is 3.94. The van der Waals surface area contributed by atoms with Crippen molar-refractivity contribution in [1.82, 2.24) is 9.88 Å². The monoisotopic (exact) mass is 269 g/mol. The van der Waals surface area contributed by atoms with Crippen molar-refractivity contribution in [3.05, 3.63) is 23.4 Å². The molecule has 1 heterocycles. The largest absolute Gasteiger partial charge is 0.311 e. The molecule has 0 saturated heterocycles. The first kappa shape index (κ1) is 14.9. The molecule has 4 nitrogen and oxygen atoms in total. The molecule has 1 aromatic heterocycles. The molecule has 0 bridgehead atoms. The molecule has 1 amide bonds. The van der Waals surface area contributed by atoms with E-state index in [1.165, 1.54) is 6.42 Å². The van der Waals surface area contributed by atoms with Crippen LogP contribution in [0.3, 0.4) is 0 Å². The number of rotatable bonds is 7. The Labute approximate surface area is 113 Å². The van der Waals surface area contributed by atoms with Crippen LogP contribution in [0, 0.1) is 0 Å². The third-order valence-electron chi connectivity index (χ3n) is 2.60. The van der Waals surface area contributed by atoms with Gasteiger partial charge in [-0.25, -0.2) is 4.98 Å². The summed E-state index contributed by atoms with van der Waals surface area (Å²) in [5, 5.41) is 3.30. The van der Waals surface area contributed by atoms with Crippen LogP contribution in [-0.4, -0.2) is 35.9 Å². The van der Waals surface area contributed by atoms with E-state index in [0.717, 1.165) is 19.5 Å². The van der Waals surface area contributed by atoms with E-state index < -0.39 is 0 Å². The first-order chi connectivity index (χ1) is 8.61. The van der Waals surface area contributed by atoms with E-state index in [-0.39, 0.29) is 5.91 Å². The molecule has 0 aliphatic carbocycles. The van der Waals surface area contributed by atoms with Crippen LogP contribution < -0.4 is 5.32 Å².